The van der Waals surface area contributed by atoms with Crippen molar-refractivity contribution in [3.63, 3.8) is 0 Å². The fourth-order valence-electron chi connectivity index (χ4n) is 3.00. The van der Waals surface area contributed by atoms with Crippen molar-refractivity contribution in [1.82, 2.24) is 5.32 Å². The van der Waals surface area contributed by atoms with Gasteiger partial charge in [-0.15, -0.1) is 0 Å². The summed E-state index contributed by atoms with van der Waals surface area (Å²) in [5.41, 5.74) is 3.85. The van der Waals surface area contributed by atoms with Gasteiger partial charge in [-0.05, 0) is 57.1 Å². The lowest BCUT2D eigenvalue weighted by Crippen LogP contribution is -2.41. The SMILES string of the molecule is CCCCNC1CCC2=C(CCCC2)/C1=N/O. The highest BCUT2D eigenvalue weighted by molar-refractivity contribution is 6.05. The third-order valence-electron chi connectivity index (χ3n) is 3.98. The summed E-state index contributed by atoms with van der Waals surface area (Å²) in [6, 6.07) is 0.281. The Morgan fingerprint density at radius 3 is 2.88 bits per heavy atom. The van der Waals surface area contributed by atoms with Crippen LogP contribution in [0, 0.1) is 0 Å². The topological polar surface area (TPSA) is 44.6 Å². The molecule has 3 heteroatoms. The van der Waals surface area contributed by atoms with Crippen LogP contribution in [-0.4, -0.2) is 23.5 Å². The van der Waals surface area contributed by atoms with E-state index in [4.69, 9.17) is 0 Å². The Kier molecular flexibility index (Phi) is 4.60. The number of nitrogens with zero attached hydrogens (tertiary/aromatic N) is 1. The molecule has 96 valence electrons. The number of unbranched alkanes of at least 4 members (excludes halogenated alkanes) is 1. The Labute approximate surface area is 104 Å². The fourth-order valence-corrected chi connectivity index (χ4v) is 3.00. The third kappa shape index (κ3) is 2.89. The molecule has 0 aromatic heterocycles. The van der Waals surface area contributed by atoms with Crippen molar-refractivity contribution in [2.75, 3.05) is 6.54 Å². The highest BCUT2D eigenvalue weighted by Gasteiger charge is 2.28. The number of oxime groups is 1. The maximum atomic E-state index is 9.27. The van der Waals surface area contributed by atoms with E-state index in [0.29, 0.717) is 0 Å². The average Bonchev–Trinajstić information content (AvgIpc) is 2.38. The molecule has 3 nitrogen and oxygen atoms in total. The first-order chi connectivity index (χ1) is 8.36. The molecule has 0 aliphatic heterocycles. The maximum absolute atomic E-state index is 9.27. The van der Waals surface area contributed by atoms with Crippen molar-refractivity contribution in [3.8, 4) is 0 Å². The van der Waals surface area contributed by atoms with Gasteiger partial charge in [0.15, 0.2) is 0 Å². The molecule has 2 rings (SSSR count). The molecule has 0 amide bonds. The number of nitrogens with one attached hydrogen (secondary N) is 1. The normalized spacial score (nSPS) is 27.4. The number of allylic oxidation sites excluding steroid dienone is 1. The van der Waals surface area contributed by atoms with Crippen molar-refractivity contribution >= 4 is 5.71 Å². The highest BCUT2D eigenvalue weighted by Crippen LogP contribution is 2.34. The zero-order valence-electron chi connectivity index (χ0n) is 10.8. The molecule has 0 bridgehead atoms. The first-order valence-corrected chi connectivity index (χ1v) is 7.03. The van der Waals surface area contributed by atoms with E-state index in [2.05, 4.69) is 17.4 Å². The quantitative estimate of drug-likeness (QED) is 0.447. The van der Waals surface area contributed by atoms with Crippen LogP contribution in [0.15, 0.2) is 16.3 Å². The second kappa shape index (κ2) is 6.20. The van der Waals surface area contributed by atoms with E-state index < -0.39 is 0 Å². The number of rotatable bonds is 4. The molecule has 1 unspecified atom stereocenters. The molecule has 17 heavy (non-hydrogen) atoms. The maximum Gasteiger partial charge on any atom is 0.0996 e. The first kappa shape index (κ1) is 12.6. The second-order valence-corrected chi connectivity index (χ2v) is 5.17. The largest absolute Gasteiger partial charge is 0.411 e. The molecule has 0 saturated heterocycles. The van der Waals surface area contributed by atoms with E-state index in [0.717, 1.165) is 25.1 Å². The van der Waals surface area contributed by atoms with Gasteiger partial charge in [0.2, 0.25) is 0 Å². The van der Waals surface area contributed by atoms with Crippen molar-refractivity contribution in [3.05, 3.63) is 11.1 Å². The monoisotopic (exact) mass is 236 g/mol. The van der Waals surface area contributed by atoms with Crippen LogP contribution in [0.5, 0.6) is 0 Å². The molecule has 0 aromatic carbocycles. The molecule has 0 saturated carbocycles. The molecule has 0 spiro atoms. The second-order valence-electron chi connectivity index (χ2n) is 5.17. The minimum absolute atomic E-state index is 0.281. The summed E-state index contributed by atoms with van der Waals surface area (Å²) >= 11 is 0. The molecule has 2 aliphatic carbocycles. The van der Waals surface area contributed by atoms with E-state index in [1.54, 1.807) is 5.57 Å². The van der Waals surface area contributed by atoms with Gasteiger partial charge in [-0.1, -0.05) is 24.1 Å². The van der Waals surface area contributed by atoms with E-state index >= 15 is 0 Å². The van der Waals surface area contributed by atoms with Gasteiger partial charge in [-0.3, -0.25) is 0 Å². The van der Waals surface area contributed by atoms with Crippen LogP contribution in [0.4, 0.5) is 0 Å². The Hall–Kier alpha value is -0.830. The van der Waals surface area contributed by atoms with Gasteiger partial charge in [0, 0.05) is 0 Å². The van der Waals surface area contributed by atoms with Crippen molar-refractivity contribution in [2.45, 2.75) is 64.3 Å². The lowest BCUT2D eigenvalue weighted by Gasteiger charge is -2.31. The van der Waals surface area contributed by atoms with Gasteiger partial charge in [-0.25, -0.2) is 0 Å². The van der Waals surface area contributed by atoms with Crippen LogP contribution in [0.3, 0.4) is 0 Å². The van der Waals surface area contributed by atoms with Crippen LogP contribution in [0.25, 0.3) is 0 Å². The molecule has 0 radical (unpaired) electrons. The molecule has 2 aliphatic rings. The van der Waals surface area contributed by atoms with Crippen molar-refractivity contribution in [2.24, 2.45) is 5.16 Å². The van der Waals surface area contributed by atoms with Gasteiger partial charge < -0.3 is 10.5 Å². The Balaban J connectivity index is 2.04. The predicted molar refractivity (Wildman–Crippen MR) is 70.6 cm³/mol. The Morgan fingerprint density at radius 1 is 1.29 bits per heavy atom. The summed E-state index contributed by atoms with van der Waals surface area (Å²) in [7, 11) is 0. The molecule has 0 heterocycles. The summed E-state index contributed by atoms with van der Waals surface area (Å²) in [6.07, 6.45) is 9.59. The fraction of sp³-hybridized carbons (Fsp3) is 0.786. The number of hydrogen-bond acceptors (Lipinski definition) is 3. The first-order valence-electron chi connectivity index (χ1n) is 7.03. The third-order valence-corrected chi connectivity index (χ3v) is 3.98. The van der Waals surface area contributed by atoms with Crippen LogP contribution in [0.1, 0.15) is 58.3 Å². The zero-order chi connectivity index (χ0) is 12.1. The lowest BCUT2D eigenvalue weighted by atomic mass is 9.79. The van der Waals surface area contributed by atoms with E-state index in [-0.39, 0.29) is 6.04 Å². The molecule has 2 N–H and O–H groups in total. The van der Waals surface area contributed by atoms with Crippen LogP contribution in [-0.2, 0) is 0 Å². The minimum atomic E-state index is 0.281. The van der Waals surface area contributed by atoms with E-state index in [9.17, 15) is 5.21 Å². The summed E-state index contributed by atoms with van der Waals surface area (Å²) in [6.45, 7) is 3.23. The van der Waals surface area contributed by atoms with E-state index in [1.165, 1.54) is 44.1 Å². The Morgan fingerprint density at radius 2 is 2.12 bits per heavy atom. The summed E-state index contributed by atoms with van der Waals surface area (Å²) < 4.78 is 0. The van der Waals surface area contributed by atoms with Gasteiger partial charge in [0.1, 0.15) is 0 Å². The van der Waals surface area contributed by atoms with Crippen LogP contribution in [0.2, 0.25) is 0 Å². The van der Waals surface area contributed by atoms with Gasteiger partial charge in [0.25, 0.3) is 0 Å². The van der Waals surface area contributed by atoms with Crippen molar-refractivity contribution < 1.29 is 5.21 Å². The molecule has 0 fully saturated rings. The molecular weight excluding hydrogens is 212 g/mol. The molecular formula is C14H24N2O. The van der Waals surface area contributed by atoms with Crippen LogP contribution >= 0.6 is 0 Å². The predicted octanol–water partition coefficient (Wildman–Crippen LogP) is 3.24. The lowest BCUT2D eigenvalue weighted by molar-refractivity contribution is 0.313. The van der Waals surface area contributed by atoms with Gasteiger partial charge in [0.05, 0.1) is 11.8 Å². The van der Waals surface area contributed by atoms with Gasteiger partial charge in [-0.2, -0.15) is 0 Å². The van der Waals surface area contributed by atoms with Crippen molar-refractivity contribution in [1.29, 1.82) is 0 Å². The molecule has 1 atom stereocenters. The summed E-state index contributed by atoms with van der Waals surface area (Å²) in [4.78, 5) is 0. The zero-order valence-corrected chi connectivity index (χ0v) is 10.8. The van der Waals surface area contributed by atoms with E-state index in [1.807, 2.05) is 0 Å². The molecule has 0 aromatic rings. The summed E-state index contributed by atoms with van der Waals surface area (Å²) in [5, 5.41) is 16.4. The number of hydrogen-bond donors (Lipinski definition) is 2. The average molecular weight is 236 g/mol. The highest BCUT2D eigenvalue weighted by atomic mass is 16.4. The Bertz CT molecular complexity index is 320. The van der Waals surface area contributed by atoms with Crippen LogP contribution < -0.4 is 5.32 Å². The minimum Gasteiger partial charge on any atom is -0.411 e. The summed E-state index contributed by atoms with van der Waals surface area (Å²) in [5.74, 6) is 0. The smallest absolute Gasteiger partial charge is 0.0996 e. The standard InChI is InChI=1S/C14H24N2O/c1-2-3-10-15-13-9-8-11-6-4-5-7-12(11)14(13)16-17/h13,15,17H,2-10H2,1H3/b16-14-. The van der Waals surface area contributed by atoms with Gasteiger partial charge >= 0.3 is 0 Å².